The molecule has 2 fully saturated rings. The van der Waals surface area contributed by atoms with Crippen LogP contribution in [0.2, 0.25) is 5.02 Å². The number of aliphatic hydroxyl groups is 2. The minimum Gasteiger partial charge on any atom is -0.506 e. The van der Waals surface area contributed by atoms with Crippen LogP contribution in [0, 0.1) is 11.8 Å². The maximum atomic E-state index is 10.6. The predicted molar refractivity (Wildman–Crippen MR) is 94.0 cm³/mol. The molecule has 2 heterocycles. The van der Waals surface area contributed by atoms with Gasteiger partial charge < -0.3 is 15.3 Å². The first kappa shape index (κ1) is 18.3. The third kappa shape index (κ3) is 3.17. The zero-order valence-electron chi connectivity index (χ0n) is 13.3. The van der Waals surface area contributed by atoms with Crippen LogP contribution in [-0.2, 0) is 0 Å². The van der Waals surface area contributed by atoms with Crippen LogP contribution in [0.5, 0.6) is 5.75 Å². The summed E-state index contributed by atoms with van der Waals surface area (Å²) in [7, 11) is 0. The first-order valence-corrected chi connectivity index (χ1v) is 9.04. The number of rotatable bonds is 3. The van der Waals surface area contributed by atoms with Gasteiger partial charge in [-0.05, 0) is 41.9 Å². The average molecular weight is 422 g/mol. The number of hydrogen-bond acceptors (Lipinski definition) is 7. The summed E-state index contributed by atoms with van der Waals surface area (Å²) in [5.74, 6) is -0.822. The minimum absolute atomic E-state index is 0.0674. The molecule has 134 valence electrons. The van der Waals surface area contributed by atoms with E-state index in [1.165, 1.54) is 0 Å². The van der Waals surface area contributed by atoms with E-state index in [9.17, 15) is 15.3 Å². The molecule has 6 atom stereocenters. The molecule has 0 radical (unpaired) electrons. The highest BCUT2D eigenvalue weighted by Gasteiger charge is 2.48. The number of benzene rings is 1. The van der Waals surface area contributed by atoms with E-state index in [-0.39, 0.29) is 35.6 Å². The summed E-state index contributed by atoms with van der Waals surface area (Å²) in [6.45, 7) is 3.90. The fraction of sp³-hybridized carbons (Fsp3) is 0.600. The van der Waals surface area contributed by atoms with E-state index in [2.05, 4.69) is 37.6 Å². The molecular formula is C15H22BrClN4O3. The Morgan fingerprint density at radius 3 is 1.92 bits per heavy atom. The summed E-state index contributed by atoms with van der Waals surface area (Å²) in [5.41, 5.74) is 12.3. The van der Waals surface area contributed by atoms with Crippen LogP contribution >= 0.6 is 27.5 Å². The van der Waals surface area contributed by atoms with Crippen molar-refractivity contribution in [3.63, 3.8) is 0 Å². The van der Waals surface area contributed by atoms with Gasteiger partial charge in [-0.15, -0.1) is 0 Å². The molecule has 0 aliphatic carbocycles. The average Bonchev–Trinajstić information content (AvgIpc) is 3.01. The summed E-state index contributed by atoms with van der Waals surface area (Å²) in [6.07, 6.45) is -1.63. The van der Waals surface area contributed by atoms with Crippen LogP contribution in [-0.4, -0.2) is 39.9 Å². The Bertz CT molecular complexity index is 579. The predicted octanol–water partition coefficient (Wildman–Crippen LogP) is 0.753. The fourth-order valence-corrected chi connectivity index (χ4v) is 4.73. The number of phenols is 1. The molecule has 0 aromatic heterocycles. The Balaban J connectivity index is 2.12. The van der Waals surface area contributed by atoms with E-state index in [1.807, 2.05) is 13.8 Å². The molecule has 2 saturated heterocycles. The van der Waals surface area contributed by atoms with Gasteiger partial charge in [-0.2, -0.15) is 0 Å². The highest BCUT2D eigenvalue weighted by Crippen LogP contribution is 2.47. The molecule has 0 amide bonds. The smallest absolute Gasteiger partial charge is 0.133 e. The standard InChI is InChI=1S/C15H22BrClN4O3/c1-5-10(14(23)20-18-5)12(11-6(2)19-21-15(11)24)8-3-7(17)4-9(16)13(8)22/h3-6,10-12,14-15,18-24H,1-2H3. The monoisotopic (exact) mass is 420 g/mol. The van der Waals surface area contributed by atoms with Crippen LogP contribution in [0.15, 0.2) is 16.6 Å². The fourth-order valence-electron chi connectivity index (χ4n) is 3.89. The van der Waals surface area contributed by atoms with Crippen molar-refractivity contribution in [1.82, 2.24) is 21.7 Å². The summed E-state index contributed by atoms with van der Waals surface area (Å²) >= 11 is 9.52. The van der Waals surface area contributed by atoms with Gasteiger partial charge in [-0.1, -0.05) is 11.6 Å². The Kier molecular flexibility index (Phi) is 5.39. The Hall–Kier alpha value is -0.450. The highest BCUT2D eigenvalue weighted by molar-refractivity contribution is 9.10. The van der Waals surface area contributed by atoms with Gasteiger partial charge in [-0.25, -0.2) is 10.9 Å². The molecule has 1 aromatic rings. The Labute approximate surface area is 153 Å². The molecule has 3 rings (SSSR count). The van der Waals surface area contributed by atoms with Gasteiger partial charge in [-0.3, -0.25) is 10.9 Å². The zero-order chi connectivity index (χ0) is 17.6. The van der Waals surface area contributed by atoms with Crippen molar-refractivity contribution in [1.29, 1.82) is 0 Å². The second kappa shape index (κ2) is 7.05. The number of phenolic OH excluding ortho intramolecular Hbond substituents is 1. The zero-order valence-corrected chi connectivity index (χ0v) is 15.6. The van der Waals surface area contributed by atoms with Crippen molar-refractivity contribution in [2.75, 3.05) is 0 Å². The topological polar surface area (TPSA) is 109 Å². The van der Waals surface area contributed by atoms with Crippen molar-refractivity contribution < 1.29 is 15.3 Å². The first-order chi connectivity index (χ1) is 11.3. The summed E-state index contributed by atoms with van der Waals surface area (Å²) < 4.78 is 0.483. The van der Waals surface area contributed by atoms with Gasteiger partial charge >= 0.3 is 0 Å². The molecule has 24 heavy (non-hydrogen) atoms. The number of nitrogens with one attached hydrogen (secondary N) is 4. The van der Waals surface area contributed by atoms with Gasteiger partial charge in [0.25, 0.3) is 0 Å². The molecule has 7 N–H and O–H groups in total. The van der Waals surface area contributed by atoms with Gasteiger partial charge in [0.15, 0.2) is 0 Å². The molecule has 1 aromatic carbocycles. The lowest BCUT2D eigenvalue weighted by molar-refractivity contribution is 0.0391. The maximum absolute atomic E-state index is 10.6. The summed E-state index contributed by atoms with van der Waals surface area (Å²) in [5, 5.41) is 31.9. The van der Waals surface area contributed by atoms with E-state index in [1.54, 1.807) is 12.1 Å². The molecule has 0 bridgehead atoms. The van der Waals surface area contributed by atoms with Crippen molar-refractivity contribution in [3.8, 4) is 5.75 Å². The number of aliphatic hydroxyl groups excluding tert-OH is 2. The second-order valence-corrected chi connectivity index (χ2v) is 7.84. The second-order valence-electron chi connectivity index (χ2n) is 6.55. The molecule has 0 spiro atoms. The number of aromatic hydroxyl groups is 1. The first-order valence-electron chi connectivity index (χ1n) is 7.87. The lowest BCUT2D eigenvalue weighted by Gasteiger charge is -2.36. The lowest BCUT2D eigenvalue weighted by atomic mass is 9.71. The van der Waals surface area contributed by atoms with E-state index < -0.39 is 12.5 Å². The third-order valence-corrected chi connectivity index (χ3v) is 5.87. The van der Waals surface area contributed by atoms with Gasteiger partial charge in [0.05, 0.1) is 4.47 Å². The van der Waals surface area contributed by atoms with Crippen LogP contribution in [0.25, 0.3) is 0 Å². The normalized spacial score (nSPS) is 37.8. The molecule has 6 unspecified atom stereocenters. The van der Waals surface area contributed by atoms with E-state index in [0.29, 0.717) is 15.1 Å². The molecule has 2 aliphatic rings. The molecule has 7 nitrogen and oxygen atoms in total. The maximum Gasteiger partial charge on any atom is 0.133 e. The van der Waals surface area contributed by atoms with E-state index in [0.717, 1.165) is 0 Å². The Morgan fingerprint density at radius 1 is 1.00 bits per heavy atom. The van der Waals surface area contributed by atoms with Crippen LogP contribution in [0.4, 0.5) is 0 Å². The number of halogens is 2. The van der Waals surface area contributed by atoms with Crippen molar-refractivity contribution in [2.45, 2.75) is 44.3 Å². The molecule has 9 heteroatoms. The van der Waals surface area contributed by atoms with Gasteiger partial charge in [0.2, 0.25) is 0 Å². The van der Waals surface area contributed by atoms with Crippen molar-refractivity contribution in [2.24, 2.45) is 11.8 Å². The largest absolute Gasteiger partial charge is 0.506 e. The van der Waals surface area contributed by atoms with Crippen LogP contribution < -0.4 is 21.7 Å². The van der Waals surface area contributed by atoms with Gasteiger partial charge in [0.1, 0.15) is 18.2 Å². The van der Waals surface area contributed by atoms with Gasteiger partial charge in [0, 0.05) is 40.4 Å². The summed E-state index contributed by atoms with van der Waals surface area (Å²) in [6, 6.07) is 3.18. The van der Waals surface area contributed by atoms with Crippen molar-refractivity contribution >= 4 is 27.5 Å². The third-order valence-electron chi connectivity index (χ3n) is 5.05. The number of hydrogen-bond donors (Lipinski definition) is 7. The highest BCUT2D eigenvalue weighted by atomic mass is 79.9. The molecule has 2 aliphatic heterocycles. The van der Waals surface area contributed by atoms with Crippen LogP contribution in [0.1, 0.15) is 25.3 Å². The Morgan fingerprint density at radius 2 is 1.50 bits per heavy atom. The summed E-state index contributed by atoms with van der Waals surface area (Å²) in [4.78, 5) is 0. The van der Waals surface area contributed by atoms with Crippen LogP contribution in [0.3, 0.4) is 0 Å². The van der Waals surface area contributed by atoms with E-state index >= 15 is 0 Å². The van der Waals surface area contributed by atoms with Crippen molar-refractivity contribution in [3.05, 3.63) is 27.2 Å². The number of hydrazine groups is 2. The molecule has 0 saturated carbocycles. The quantitative estimate of drug-likeness (QED) is 0.386. The van der Waals surface area contributed by atoms with E-state index in [4.69, 9.17) is 11.6 Å². The lowest BCUT2D eigenvalue weighted by Crippen LogP contribution is -2.41. The minimum atomic E-state index is -0.817. The SMILES string of the molecule is CC1NNC(O)C1C(c1cc(Cl)cc(Br)c1O)C1C(C)NNC1O. The molecular weight excluding hydrogens is 400 g/mol.